The molecular weight excluding hydrogens is 222 g/mol. The highest BCUT2D eigenvalue weighted by molar-refractivity contribution is 5.17. The van der Waals surface area contributed by atoms with Gasteiger partial charge in [0.1, 0.15) is 12.6 Å². The average molecular weight is 234 g/mol. The van der Waals surface area contributed by atoms with Crippen LogP contribution in [0.1, 0.15) is 11.7 Å². The predicted molar refractivity (Wildman–Crippen MR) is 62.2 cm³/mol. The van der Waals surface area contributed by atoms with Crippen LogP contribution in [-0.4, -0.2) is 14.7 Å². The van der Waals surface area contributed by atoms with Crippen LogP contribution in [0.4, 0.5) is 0 Å². The van der Waals surface area contributed by atoms with E-state index >= 15 is 0 Å². The quantitative estimate of drug-likeness (QED) is 0.749. The first-order valence-corrected chi connectivity index (χ1v) is 5.12. The molecule has 0 spiro atoms. The highest BCUT2D eigenvalue weighted by Gasteiger charge is 2.11. The molecule has 6 nitrogen and oxygen atoms in total. The topological polar surface area (TPSA) is 90.1 Å². The van der Waals surface area contributed by atoms with Gasteiger partial charge >= 0.3 is 5.62 Å². The summed E-state index contributed by atoms with van der Waals surface area (Å²) >= 11 is 0. The van der Waals surface area contributed by atoms with Gasteiger partial charge in [-0.25, -0.2) is 9.55 Å². The van der Waals surface area contributed by atoms with Crippen molar-refractivity contribution in [2.45, 2.75) is 12.6 Å². The van der Waals surface area contributed by atoms with Crippen molar-refractivity contribution in [3.05, 3.63) is 64.3 Å². The molecular formula is C11H12N3O3-. The summed E-state index contributed by atoms with van der Waals surface area (Å²) in [6.45, 7) is 0.143. The highest BCUT2D eigenvalue weighted by Crippen LogP contribution is 2.13. The Labute approximate surface area is 97.3 Å². The van der Waals surface area contributed by atoms with E-state index in [0.29, 0.717) is 0 Å². The Bertz CT molecular complexity index is 540. The molecule has 0 saturated carbocycles. The Morgan fingerprint density at radius 3 is 2.65 bits per heavy atom. The van der Waals surface area contributed by atoms with Crippen molar-refractivity contribution in [1.82, 2.24) is 14.5 Å². The summed E-state index contributed by atoms with van der Waals surface area (Å²) in [5.74, 6) is 0. The first-order chi connectivity index (χ1) is 8.18. The second-order valence-corrected chi connectivity index (χ2v) is 3.62. The number of nitrogens with zero attached hydrogens (tertiary/aromatic N) is 2. The van der Waals surface area contributed by atoms with E-state index < -0.39 is 11.0 Å². The Morgan fingerprint density at radius 1 is 1.29 bits per heavy atom. The first kappa shape index (κ1) is 11.3. The third-order valence-electron chi connectivity index (χ3n) is 2.47. The molecule has 2 aromatic rings. The molecule has 90 valence electrons. The molecule has 0 radical (unpaired) electrons. The van der Waals surface area contributed by atoms with Gasteiger partial charge in [-0.2, -0.15) is 0 Å². The van der Waals surface area contributed by atoms with E-state index in [4.69, 9.17) is 0 Å². The molecule has 0 bridgehead atoms. The minimum absolute atomic E-state index is 0.139. The number of hydrogen-bond donors (Lipinski definition) is 2. The summed E-state index contributed by atoms with van der Waals surface area (Å²) in [6, 6.07) is 9.04. The molecule has 2 N–H and O–H groups in total. The second kappa shape index (κ2) is 4.75. The average Bonchev–Trinajstić information content (AvgIpc) is 2.78. The minimum atomic E-state index is -0.768. The smallest absolute Gasteiger partial charge is 0.358 e. The van der Waals surface area contributed by atoms with Crippen molar-refractivity contribution in [2.24, 2.45) is 0 Å². The lowest BCUT2D eigenvalue weighted by Gasteiger charge is -2.14. The Hall–Kier alpha value is -2.21. The number of benzene rings is 1. The zero-order valence-electron chi connectivity index (χ0n) is 8.98. The minimum Gasteiger partial charge on any atom is -0.744 e. The molecule has 0 aliphatic carbocycles. The number of rotatable bonds is 3. The number of imidazole rings is 1. The maximum absolute atomic E-state index is 10.7. The molecule has 1 aromatic heterocycles. The predicted octanol–water partition coefficient (Wildman–Crippen LogP) is 0.318. The fourth-order valence-corrected chi connectivity index (χ4v) is 1.63. The van der Waals surface area contributed by atoms with E-state index in [2.05, 4.69) is 4.98 Å². The van der Waals surface area contributed by atoms with Crippen molar-refractivity contribution in [3.63, 3.8) is 0 Å². The largest absolute Gasteiger partial charge is 0.744 e. The number of hydrogen-bond acceptors (Lipinski definition) is 3. The Kier molecular flexibility index (Phi) is 3.15. The van der Waals surface area contributed by atoms with E-state index in [1.807, 2.05) is 18.2 Å². The van der Waals surface area contributed by atoms with Gasteiger partial charge < -0.3 is 15.5 Å². The molecule has 1 atom stereocenters. The van der Waals surface area contributed by atoms with Crippen LogP contribution in [0.25, 0.3) is 0 Å². The molecule has 17 heavy (non-hydrogen) atoms. The molecule has 1 unspecified atom stereocenters. The van der Waals surface area contributed by atoms with Crippen LogP contribution in [0.3, 0.4) is 0 Å². The van der Waals surface area contributed by atoms with Gasteiger partial charge in [-0.05, 0) is 5.56 Å². The maximum Gasteiger partial charge on any atom is 0.358 e. The second-order valence-electron chi connectivity index (χ2n) is 3.62. The molecule has 0 aliphatic rings. The van der Waals surface area contributed by atoms with Gasteiger partial charge in [-0.15, -0.1) is 0 Å². The normalized spacial score (nSPS) is 12.3. The van der Waals surface area contributed by atoms with E-state index in [1.165, 1.54) is 17.0 Å². The number of aromatic nitrogens is 2. The van der Waals surface area contributed by atoms with Gasteiger partial charge in [-0.1, -0.05) is 30.3 Å². The van der Waals surface area contributed by atoms with E-state index in [9.17, 15) is 15.5 Å². The summed E-state index contributed by atoms with van der Waals surface area (Å²) in [4.78, 5) is 2.00. The maximum atomic E-state index is 10.7. The molecule has 6 heteroatoms. The number of aliphatic hydroxyl groups excluding tert-OH is 1. The summed E-state index contributed by atoms with van der Waals surface area (Å²) in [6.07, 6.45) is 2.23. The summed E-state index contributed by atoms with van der Waals surface area (Å²) < 4.78 is 1.37. The van der Waals surface area contributed by atoms with Crippen LogP contribution >= 0.6 is 0 Å². The van der Waals surface area contributed by atoms with Gasteiger partial charge in [-0.3, -0.25) is 4.90 Å². The van der Waals surface area contributed by atoms with E-state index in [1.54, 1.807) is 12.1 Å². The fourth-order valence-electron chi connectivity index (χ4n) is 1.63. The van der Waals surface area contributed by atoms with Gasteiger partial charge in [0.25, 0.3) is 0 Å². The van der Waals surface area contributed by atoms with Crippen LogP contribution in [0.5, 0.6) is 0 Å². The lowest BCUT2D eigenvalue weighted by Crippen LogP contribution is -2.31. The van der Waals surface area contributed by atoms with Crippen LogP contribution in [0, 0.1) is 10.4 Å². The number of aromatic amines is 1. The number of aliphatic hydroxyl groups is 1. The van der Waals surface area contributed by atoms with Crippen LogP contribution in [0.15, 0.2) is 42.7 Å². The van der Waals surface area contributed by atoms with Crippen LogP contribution in [-0.2, 0) is 6.54 Å². The fraction of sp³-hybridized carbons (Fsp3) is 0.182. The van der Waals surface area contributed by atoms with Crippen molar-refractivity contribution < 1.29 is 5.11 Å². The molecule has 0 fully saturated rings. The zero-order valence-corrected chi connectivity index (χ0v) is 8.98. The summed E-state index contributed by atoms with van der Waals surface area (Å²) in [5, 5.41) is 31.3. The number of nitrogens with one attached hydrogen (secondary N) is 1. The monoisotopic (exact) mass is 234 g/mol. The van der Waals surface area contributed by atoms with Gasteiger partial charge in [0.2, 0.25) is 0 Å². The zero-order chi connectivity index (χ0) is 12.3. The molecule has 0 aliphatic heterocycles. The lowest BCUT2D eigenvalue weighted by molar-refractivity contribution is 0.154. The molecule has 1 heterocycles. The summed E-state index contributed by atoms with van der Waals surface area (Å²) in [7, 11) is 0. The highest BCUT2D eigenvalue weighted by atomic mass is 16.8. The molecule has 0 saturated heterocycles. The van der Waals surface area contributed by atoms with E-state index in [-0.39, 0.29) is 12.2 Å². The third kappa shape index (κ3) is 2.48. The molecule has 1 aromatic carbocycles. The van der Waals surface area contributed by atoms with Crippen molar-refractivity contribution in [2.75, 3.05) is 0 Å². The standard InChI is InChI=1S/C11H12N3O3/c15-10(9-4-2-1-3-5-9)8-13-7-6-12-11(13)14(16)17/h1-7,10,12,15H,8H2/q-1. The van der Waals surface area contributed by atoms with Crippen molar-refractivity contribution in [3.8, 4) is 0 Å². The molecule has 0 amide bonds. The van der Waals surface area contributed by atoms with Crippen molar-refractivity contribution in [1.29, 1.82) is 0 Å². The third-order valence-corrected chi connectivity index (χ3v) is 2.47. The Morgan fingerprint density at radius 2 is 2.00 bits per heavy atom. The van der Waals surface area contributed by atoms with Gasteiger partial charge in [0.05, 0.1) is 12.4 Å². The van der Waals surface area contributed by atoms with Crippen LogP contribution in [0.2, 0.25) is 0 Å². The Balaban J connectivity index is 2.23. The SMILES string of the molecule is [O-][N+]([O-])=c1[nH]ccn1CC(O)c1ccccc1. The lowest BCUT2D eigenvalue weighted by atomic mass is 10.1. The van der Waals surface area contributed by atoms with E-state index in [0.717, 1.165) is 5.56 Å². The van der Waals surface area contributed by atoms with Crippen molar-refractivity contribution >= 4 is 0 Å². The number of H-pyrrole nitrogens is 1. The van der Waals surface area contributed by atoms with Gasteiger partial charge in [0.15, 0.2) is 0 Å². The molecule has 2 rings (SSSR count). The summed E-state index contributed by atoms with van der Waals surface area (Å²) in [5.41, 5.74) is 0.593. The first-order valence-electron chi connectivity index (χ1n) is 5.12. The van der Waals surface area contributed by atoms with Crippen LogP contribution < -0.4 is 10.5 Å². The van der Waals surface area contributed by atoms with Gasteiger partial charge in [0, 0.05) is 0 Å².